The first-order chi connectivity index (χ1) is 9.15. The molecule has 0 aliphatic rings. The van der Waals surface area contributed by atoms with Crippen molar-refractivity contribution in [1.82, 2.24) is 10.3 Å². The van der Waals surface area contributed by atoms with Crippen molar-refractivity contribution in [2.24, 2.45) is 0 Å². The maximum absolute atomic E-state index is 6.05. The van der Waals surface area contributed by atoms with Gasteiger partial charge < -0.3 is 10.1 Å². The largest absolute Gasteiger partial charge is 0.495 e. The van der Waals surface area contributed by atoms with Gasteiger partial charge in [-0.15, -0.1) is 0 Å². The lowest BCUT2D eigenvalue weighted by molar-refractivity contribution is 0.414. The second-order valence-corrected chi connectivity index (χ2v) is 4.78. The zero-order valence-corrected chi connectivity index (χ0v) is 12.0. The molecule has 0 bridgehead atoms. The first-order valence-electron chi connectivity index (χ1n) is 6.09. The SMILES string of the molecule is CNC(c1ccc(Cl)c(OC)c1)c1cc(C)ccn1. The van der Waals surface area contributed by atoms with Crippen LogP contribution in [0, 0.1) is 6.92 Å². The zero-order chi connectivity index (χ0) is 13.8. The second kappa shape index (κ2) is 6.04. The Bertz CT molecular complexity index is 572. The van der Waals surface area contributed by atoms with E-state index in [0.29, 0.717) is 10.8 Å². The number of nitrogens with zero attached hydrogens (tertiary/aromatic N) is 1. The average Bonchev–Trinajstić information content (AvgIpc) is 2.41. The molecule has 0 aliphatic carbocycles. The molecule has 100 valence electrons. The number of hydrogen-bond donors (Lipinski definition) is 1. The summed E-state index contributed by atoms with van der Waals surface area (Å²) in [5, 5.41) is 3.88. The molecule has 4 heteroatoms. The quantitative estimate of drug-likeness (QED) is 0.930. The Morgan fingerprint density at radius 2 is 2.05 bits per heavy atom. The summed E-state index contributed by atoms with van der Waals surface area (Å²) in [5.41, 5.74) is 3.24. The smallest absolute Gasteiger partial charge is 0.137 e. The molecule has 1 heterocycles. The van der Waals surface area contributed by atoms with E-state index in [1.807, 2.05) is 37.5 Å². The number of pyridine rings is 1. The van der Waals surface area contributed by atoms with Crippen LogP contribution in [0.2, 0.25) is 5.02 Å². The highest BCUT2D eigenvalue weighted by Gasteiger charge is 2.15. The third kappa shape index (κ3) is 3.06. The highest BCUT2D eigenvalue weighted by molar-refractivity contribution is 6.32. The normalized spacial score (nSPS) is 12.2. The van der Waals surface area contributed by atoms with E-state index < -0.39 is 0 Å². The van der Waals surface area contributed by atoms with Crippen molar-refractivity contribution in [3.05, 3.63) is 58.4 Å². The van der Waals surface area contributed by atoms with Crippen molar-refractivity contribution in [3.63, 3.8) is 0 Å². The molecule has 0 radical (unpaired) electrons. The fourth-order valence-corrected chi connectivity index (χ4v) is 2.25. The highest BCUT2D eigenvalue weighted by atomic mass is 35.5. The first kappa shape index (κ1) is 13.8. The van der Waals surface area contributed by atoms with Gasteiger partial charge in [0, 0.05) is 6.20 Å². The Labute approximate surface area is 118 Å². The van der Waals surface area contributed by atoms with E-state index in [9.17, 15) is 0 Å². The first-order valence-corrected chi connectivity index (χ1v) is 6.46. The molecule has 0 spiro atoms. The van der Waals surface area contributed by atoms with Crippen molar-refractivity contribution in [2.45, 2.75) is 13.0 Å². The molecule has 0 saturated carbocycles. The van der Waals surface area contributed by atoms with Gasteiger partial charge in [-0.25, -0.2) is 0 Å². The zero-order valence-electron chi connectivity index (χ0n) is 11.3. The lowest BCUT2D eigenvalue weighted by Crippen LogP contribution is -2.19. The number of aromatic nitrogens is 1. The van der Waals surface area contributed by atoms with Crippen molar-refractivity contribution in [3.8, 4) is 5.75 Å². The molecular formula is C15H17ClN2O. The minimum Gasteiger partial charge on any atom is -0.495 e. The Morgan fingerprint density at radius 1 is 1.26 bits per heavy atom. The van der Waals surface area contributed by atoms with Crippen LogP contribution in [0.3, 0.4) is 0 Å². The van der Waals surface area contributed by atoms with E-state index in [1.54, 1.807) is 7.11 Å². The predicted octanol–water partition coefficient (Wildman–Crippen LogP) is 3.36. The van der Waals surface area contributed by atoms with Crippen LogP contribution in [0.15, 0.2) is 36.5 Å². The fourth-order valence-electron chi connectivity index (χ4n) is 2.06. The van der Waals surface area contributed by atoms with Gasteiger partial charge in [0.15, 0.2) is 0 Å². The molecule has 1 atom stereocenters. The maximum atomic E-state index is 6.05. The summed E-state index contributed by atoms with van der Waals surface area (Å²) in [7, 11) is 3.53. The van der Waals surface area contributed by atoms with Gasteiger partial charge >= 0.3 is 0 Å². The number of hydrogen-bond acceptors (Lipinski definition) is 3. The van der Waals surface area contributed by atoms with E-state index in [0.717, 1.165) is 11.3 Å². The van der Waals surface area contributed by atoms with Crippen molar-refractivity contribution in [1.29, 1.82) is 0 Å². The third-order valence-electron chi connectivity index (χ3n) is 3.03. The minimum absolute atomic E-state index is 0.0195. The van der Waals surface area contributed by atoms with E-state index >= 15 is 0 Å². The molecule has 1 aromatic carbocycles. The minimum atomic E-state index is 0.0195. The van der Waals surface area contributed by atoms with Crippen LogP contribution in [0.25, 0.3) is 0 Å². The molecule has 0 amide bonds. The third-order valence-corrected chi connectivity index (χ3v) is 3.34. The van der Waals surface area contributed by atoms with Crippen LogP contribution in [-0.2, 0) is 0 Å². The van der Waals surface area contributed by atoms with Crippen LogP contribution < -0.4 is 10.1 Å². The molecule has 0 saturated heterocycles. The Hall–Kier alpha value is -1.58. The van der Waals surface area contributed by atoms with E-state index in [-0.39, 0.29) is 6.04 Å². The monoisotopic (exact) mass is 276 g/mol. The van der Waals surface area contributed by atoms with Gasteiger partial charge in [-0.3, -0.25) is 4.98 Å². The van der Waals surface area contributed by atoms with Gasteiger partial charge in [-0.1, -0.05) is 17.7 Å². The maximum Gasteiger partial charge on any atom is 0.137 e. The predicted molar refractivity (Wildman–Crippen MR) is 77.9 cm³/mol. The van der Waals surface area contributed by atoms with Crippen molar-refractivity contribution < 1.29 is 4.74 Å². The molecular weight excluding hydrogens is 260 g/mol. The lowest BCUT2D eigenvalue weighted by Gasteiger charge is -2.17. The fraction of sp³-hybridized carbons (Fsp3) is 0.267. The summed E-state index contributed by atoms with van der Waals surface area (Å²) in [6, 6.07) is 9.84. The van der Waals surface area contributed by atoms with Crippen molar-refractivity contribution >= 4 is 11.6 Å². The molecule has 0 aliphatic heterocycles. The number of rotatable bonds is 4. The number of methoxy groups -OCH3 is 1. The molecule has 19 heavy (non-hydrogen) atoms. The number of nitrogens with one attached hydrogen (secondary N) is 1. The number of aryl methyl sites for hydroxylation is 1. The summed E-state index contributed by atoms with van der Waals surface area (Å²) in [5.74, 6) is 0.673. The Kier molecular flexibility index (Phi) is 4.40. The van der Waals surface area contributed by atoms with Gasteiger partial charge in [0.25, 0.3) is 0 Å². The van der Waals surface area contributed by atoms with Gasteiger partial charge in [-0.05, 0) is 49.4 Å². The van der Waals surface area contributed by atoms with E-state index in [2.05, 4.69) is 23.3 Å². The number of benzene rings is 1. The van der Waals surface area contributed by atoms with Crippen molar-refractivity contribution in [2.75, 3.05) is 14.2 Å². The summed E-state index contributed by atoms with van der Waals surface area (Å²) in [6.45, 7) is 2.06. The van der Waals surface area contributed by atoms with Crippen LogP contribution in [-0.4, -0.2) is 19.1 Å². The van der Waals surface area contributed by atoms with Crippen LogP contribution in [0.5, 0.6) is 5.75 Å². The highest BCUT2D eigenvalue weighted by Crippen LogP contribution is 2.29. The summed E-state index contributed by atoms with van der Waals surface area (Å²) in [4.78, 5) is 4.43. The Balaban J connectivity index is 2.42. The Morgan fingerprint density at radius 3 is 2.68 bits per heavy atom. The number of halogens is 1. The standard InChI is InChI=1S/C15H17ClN2O/c1-10-6-7-18-13(8-10)15(17-2)11-4-5-12(16)14(9-11)19-3/h4-9,15,17H,1-3H3. The van der Waals surface area contributed by atoms with Crippen LogP contribution in [0.4, 0.5) is 0 Å². The summed E-state index contributed by atoms with van der Waals surface area (Å²) in [6.07, 6.45) is 1.82. The van der Waals surface area contributed by atoms with Gasteiger partial charge in [-0.2, -0.15) is 0 Å². The van der Waals surface area contributed by atoms with Crippen LogP contribution >= 0.6 is 11.6 Å². The molecule has 1 aromatic heterocycles. The molecule has 1 N–H and O–H groups in total. The second-order valence-electron chi connectivity index (χ2n) is 4.37. The van der Waals surface area contributed by atoms with Crippen LogP contribution in [0.1, 0.15) is 22.9 Å². The molecule has 2 rings (SSSR count). The molecule has 3 nitrogen and oxygen atoms in total. The average molecular weight is 277 g/mol. The summed E-state index contributed by atoms with van der Waals surface area (Å²) >= 11 is 6.05. The van der Waals surface area contributed by atoms with Gasteiger partial charge in [0.05, 0.1) is 23.9 Å². The number of ether oxygens (including phenoxy) is 1. The van der Waals surface area contributed by atoms with E-state index in [4.69, 9.17) is 16.3 Å². The van der Waals surface area contributed by atoms with E-state index in [1.165, 1.54) is 5.56 Å². The summed E-state index contributed by atoms with van der Waals surface area (Å²) < 4.78 is 5.26. The topological polar surface area (TPSA) is 34.1 Å². The van der Waals surface area contributed by atoms with Gasteiger partial charge in [0.1, 0.15) is 5.75 Å². The molecule has 0 fully saturated rings. The lowest BCUT2D eigenvalue weighted by atomic mass is 10.0. The molecule has 2 aromatic rings. The van der Waals surface area contributed by atoms with Gasteiger partial charge in [0.2, 0.25) is 0 Å². The molecule has 1 unspecified atom stereocenters.